The van der Waals surface area contributed by atoms with Gasteiger partial charge in [-0.05, 0) is 6.07 Å². The fourth-order valence-corrected chi connectivity index (χ4v) is 3.72. The topological polar surface area (TPSA) is 111 Å². The highest BCUT2D eigenvalue weighted by molar-refractivity contribution is 5.95. The van der Waals surface area contributed by atoms with Crippen LogP contribution in [0.15, 0.2) is 24.3 Å². The lowest BCUT2D eigenvalue weighted by Gasteiger charge is -2.34. The van der Waals surface area contributed by atoms with E-state index in [1.807, 2.05) is 0 Å². The van der Waals surface area contributed by atoms with Gasteiger partial charge in [-0.1, -0.05) is 18.2 Å². The minimum atomic E-state index is -1.15. The zero-order valence-electron chi connectivity index (χ0n) is 14.1. The van der Waals surface area contributed by atoms with E-state index in [0.29, 0.717) is 11.3 Å². The lowest BCUT2D eigenvalue weighted by Crippen LogP contribution is -2.58. The molecule has 2 aliphatic rings. The van der Waals surface area contributed by atoms with Gasteiger partial charge in [0.05, 0.1) is 32.6 Å². The predicted molar refractivity (Wildman–Crippen MR) is 85.6 cm³/mol. The lowest BCUT2D eigenvalue weighted by atomic mass is 9.88. The Morgan fingerprint density at radius 2 is 1.72 bits per heavy atom. The molecular weight excluding hydrogens is 330 g/mol. The third-order valence-electron chi connectivity index (χ3n) is 4.73. The number of ether oxygens (including phenoxy) is 3. The highest BCUT2D eigenvalue weighted by Crippen LogP contribution is 2.51. The molecule has 0 bridgehead atoms. The Labute approximate surface area is 144 Å². The van der Waals surface area contributed by atoms with Crippen molar-refractivity contribution in [2.45, 2.75) is 24.2 Å². The van der Waals surface area contributed by atoms with Gasteiger partial charge in [0.15, 0.2) is 0 Å². The number of nitrogens with zero attached hydrogens (tertiary/aromatic N) is 2. The number of nitrogens with two attached hydrogens (primary N) is 1. The van der Waals surface area contributed by atoms with Gasteiger partial charge < -0.3 is 19.9 Å². The van der Waals surface area contributed by atoms with Crippen molar-refractivity contribution < 1.29 is 28.6 Å². The summed E-state index contributed by atoms with van der Waals surface area (Å²) in [6.45, 7) is 0. The van der Waals surface area contributed by atoms with Crippen LogP contribution in [0.3, 0.4) is 0 Å². The van der Waals surface area contributed by atoms with Gasteiger partial charge in [-0.15, -0.1) is 0 Å². The van der Waals surface area contributed by atoms with E-state index in [9.17, 15) is 14.4 Å². The molecule has 0 radical (unpaired) electrons. The van der Waals surface area contributed by atoms with Crippen LogP contribution in [-0.2, 0) is 24.5 Å². The first-order chi connectivity index (χ1) is 11.9. The van der Waals surface area contributed by atoms with Crippen molar-refractivity contribution in [2.24, 2.45) is 5.73 Å². The fourth-order valence-electron chi connectivity index (χ4n) is 3.72. The zero-order valence-corrected chi connectivity index (χ0v) is 14.1. The summed E-state index contributed by atoms with van der Waals surface area (Å²) in [6, 6.07) is 6.02. The van der Waals surface area contributed by atoms with Crippen LogP contribution in [0, 0.1) is 0 Å². The van der Waals surface area contributed by atoms with Crippen LogP contribution >= 0.6 is 0 Å². The molecular formula is C16H19N3O6. The number of methoxy groups -OCH3 is 3. The molecule has 2 aliphatic heterocycles. The Morgan fingerprint density at radius 3 is 2.32 bits per heavy atom. The molecule has 134 valence electrons. The largest absolute Gasteiger partial charge is 0.467 e. The van der Waals surface area contributed by atoms with Crippen LogP contribution in [0.5, 0.6) is 0 Å². The second kappa shape index (κ2) is 5.92. The van der Waals surface area contributed by atoms with Crippen molar-refractivity contribution in [1.29, 1.82) is 0 Å². The summed E-state index contributed by atoms with van der Waals surface area (Å²) in [5.74, 6) is -0.632. The fraction of sp³-hybridized carbons (Fsp3) is 0.438. The number of benzene rings is 1. The second-order valence-electron chi connectivity index (χ2n) is 5.89. The number of fused-ring (bicyclic) bond motifs is 3. The van der Waals surface area contributed by atoms with E-state index in [4.69, 9.17) is 19.9 Å². The molecule has 1 aromatic carbocycles. The molecule has 9 heteroatoms. The first-order valence-corrected chi connectivity index (χ1v) is 7.60. The Balaban J connectivity index is 2.19. The number of amides is 2. The number of hydrogen-bond donors (Lipinski definition) is 1. The van der Waals surface area contributed by atoms with Crippen molar-refractivity contribution in [2.75, 3.05) is 26.2 Å². The molecule has 25 heavy (non-hydrogen) atoms. The molecule has 0 unspecified atom stereocenters. The number of likely N-dealkylation sites (tertiary alicyclic amines) is 1. The number of rotatable bonds is 1. The molecule has 2 N–H and O–H groups in total. The number of carbonyl (C=O) groups is 3. The number of anilines is 1. The van der Waals surface area contributed by atoms with E-state index in [2.05, 4.69) is 0 Å². The van der Waals surface area contributed by atoms with E-state index >= 15 is 0 Å². The molecule has 1 fully saturated rings. The quantitative estimate of drug-likeness (QED) is 0.588. The van der Waals surface area contributed by atoms with Gasteiger partial charge in [-0.2, -0.15) is 0 Å². The second-order valence-corrected chi connectivity index (χ2v) is 5.89. The van der Waals surface area contributed by atoms with Crippen molar-refractivity contribution in [3.8, 4) is 0 Å². The first-order valence-electron chi connectivity index (χ1n) is 7.60. The molecule has 1 saturated heterocycles. The Morgan fingerprint density at radius 1 is 1.08 bits per heavy atom. The SMILES string of the molecule is COC(=O)[C@@H]1C[C@]2(N)c3ccccc3N(C(=O)OC)[C@@H]2N1C(=O)OC. The van der Waals surface area contributed by atoms with Crippen molar-refractivity contribution >= 4 is 23.8 Å². The average Bonchev–Trinajstić information content (AvgIpc) is 3.07. The minimum Gasteiger partial charge on any atom is -0.467 e. The van der Waals surface area contributed by atoms with Crippen LogP contribution in [0.4, 0.5) is 15.3 Å². The maximum absolute atomic E-state index is 12.4. The van der Waals surface area contributed by atoms with E-state index in [1.165, 1.54) is 26.2 Å². The van der Waals surface area contributed by atoms with Crippen molar-refractivity contribution in [1.82, 2.24) is 4.90 Å². The highest BCUT2D eigenvalue weighted by atomic mass is 16.6. The summed E-state index contributed by atoms with van der Waals surface area (Å²) in [4.78, 5) is 39.4. The normalized spacial score (nSPS) is 26.7. The molecule has 1 aromatic rings. The van der Waals surface area contributed by atoms with Crippen molar-refractivity contribution in [3.05, 3.63) is 29.8 Å². The predicted octanol–water partition coefficient (Wildman–Crippen LogP) is 0.767. The number of esters is 1. The van der Waals surface area contributed by atoms with Crippen LogP contribution in [-0.4, -0.2) is 56.6 Å². The van der Waals surface area contributed by atoms with Gasteiger partial charge in [0.1, 0.15) is 12.2 Å². The maximum Gasteiger partial charge on any atom is 0.415 e. The van der Waals surface area contributed by atoms with Gasteiger partial charge in [-0.25, -0.2) is 14.4 Å². The average molecular weight is 349 g/mol. The van der Waals surface area contributed by atoms with Gasteiger partial charge in [0.25, 0.3) is 0 Å². The molecule has 3 rings (SSSR count). The van der Waals surface area contributed by atoms with Gasteiger partial charge in [0, 0.05) is 12.0 Å². The molecule has 9 nitrogen and oxygen atoms in total. The monoisotopic (exact) mass is 349 g/mol. The summed E-state index contributed by atoms with van der Waals surface area (Å²) < 4.78 is 14.5. The molecule has 0 aromatic heterocycles. The third-order valence-corrected chi connectivity index (χ3v) is 4.73. The van der Waals surface area contributed by atoms with Gasteiger partial charge in [0.2, 0.25) is 0 Å². The maximum atomic E-state index is 12.4. The Hall–Kier alpha value is -2.81. The smallest absolute Gasteiger partial charge is 0.415 e. The third kappa shape index (κ3) is 2.23. The summed E-state index contributed by atoms with van der Waals surface area (Å²) in [5, 5.41) is 0. The van der Waals surface area contributed by atoms with Gasteiger partial charge >= 0.3 is 18.2 Å². The Kier molecular flexibility index (Phi) is 4.03. The summed E-state index contributed by atoms with van der Waals surface area (Å²) >= 11 is 0. The van der Waals surface area contributed by atoms with E-state index < -0.39 is 35.9 Å². The molecule has 0 saturated carbocycles. The minimum absolute atomic E-state index is 0.0872. The van der Waals surface area contributed by atoms with E-state index in [0.717, 1.165) is 4.90 Å². The summed E-state index contributed by atoms with van der Waals surface area (Å²) in [5.41, 5.74) is 6.63. The molecule has 2 heterocycles. The van der Waals surface area contributed by atoms with Gasteiger partial charge in [-0.3, -0.25) is 9.80 Å². The number of para-hydroxylation sites is 1. The van der Waals surface area contributed by atoms with Crippen molar-refractivity contribution in [3.63, 3.8) is 0 Å². The number of hydrogen-bond acceptors (Lipinski definition) is 7. The molecule has 0 spiro atoms. The van der Waals surface area contributed by atoms with Crippen LogP contribution in [0.25, 0.3) is 0 Å². The van der Waals surface area contributed by atoms with Crippen LogP contribution < -0.4 is 10.6 Å². The Bertz CT molecular complexity index is 738. The summed E-state index contributed by atoms with van der Waals surface area (Å²) in [6.07, 6.45) is -2.35. The molecule has 2 amide bonds. The zero-order chi connectivity index (χ0) is 18.4. The van der Waals surface area contributed by atoms with Crippen LogP contribution in [0.1, 0.15) is 12.0 Å². The van der Waals surface area contributed by atoms with Crippen LogP contribution in [0.2, 0.25) is 0 Å². The van der Waals surface area contributed by atoms with E-state index in [-0.39, 0.29) is 6.42 Å². The number of carbonyl (C=O) groups excluding carboxylic acids is 3. The molecule has 0 aliphatic carbocycles. The lowest BCUT2D eigenvalue weighted by molar-refractivity contribution is -0.145. The standard InChI is InChI=1S/C16H19N3O6/c1-23-12(20)11-8-16(17)9-6-4-5-7-10(9)18(14(21)24-2)13(16)19(11)15(22)25-3/h4-7,11,13H,8,17H2,1-3H3/t11-,13+,16-/m0/s1. The van der Waals surface area contributed by atoms with E-state index in [1.54, 1.807) is 24.3 Å². The molecule has 3 atom stereocenters. The highest BCUT2D eigenvalue weighted by Gasteiger charge is 2.64. The summed E-state index contributed by atoms with van der Waals surface area (Å²) in [7, 11) is 3.65. The first kappa shape index (κ1) is 17.0.